The molecule has 0 aromatic heterocycles. The predicted molar refractivity (Wildman–Crippen MR) is 146 cm³/mol. The Morgan fingerprint density at radius 3 is 2.19 bits per heavy atom. The number of amides is 4. The second-order valence-corrected chi connectivity index (χ2v) is 9.47. The van der Waals surface area contributed by atoms with Crippen LogP contribution in [0.3, 0.4) is 0 Å². The summed E-state index contributed by atoms with van der Waals surface area (Å²) in [7, 11) is 1.21. The highest BCUT2D eigenvalue weighted by Crippen LogP contribution is 2.42. The number of barbiturate groups is 1. The van der Waals surface area contributed by atoms with Crippen LogP contribution in [0.5, 0.6) is 17.2 Å². The van der Waals surface area contributed by atoms with Gasteiger partial charge in [-0.3, -0.25) is 35.1 Å². The van der Waals surface area contributed by atoms with Gasteiger partial charge in [-0.05, 0) is 70.6 Å². The monoisotopic (exact) mass is 698 g/mol. The zero-order chi connectivity index (χ0) is 30.9. The van der Waals surface area contributed by atoms with Crippen molar-refractivity contribution in [1.29, 1.82) is 0 Å². The van der Waals surface area contributed by atoms with Crippen molar-refractivity contribution in [2.45, 2.75) is 6.18 Å². The van der Waals surface area contributed by atoms with Crippen LogP contribution in [0.4, 0.5) is 35.0 Å². The first-order valence-corrected chi connectivity index (χ1v) is 12.4. The van der Waals surface area contributed by atoms with Gasteiger partial charge in [-0.15, -0.1) is 0 Å². The number of rotatable bonds is 7. The summed E-state index contributed by atoms with van der Waals surface area (Å²) < 4.78 is 50.3. The van der Waals surface area contributed by atoms with E-state index in [4.69, 9.17) is 9.47 Å². The van der Waals surface area contributed by atoms with Crippen molar-refractivity contribution in [3.05, 3.63) is 95.1 Å². The molecule has 216 valence electrons. The van der Waals surface area contributed by atoms with Crippen molar-refractivity contribution in [3.8, 4) is 17.2 Å². The SMILES string of the molecule is COc1cc(/C=C2\C(=O)NC(=O)N(c3ccc([N+](=O)[O-])cc3)C2=O)cc(I)c1Oc1ccc(C(F)(F)F)cc1[N+](=O)[O-]. The summed E-state index contributed by atoms with van der Waals surface area (Å²) in [5.74, 6) is -2.74. The van der Waals surface area contributed by atoms with Crippen LogP contribution in [0.1, 0.15) is 11.1 Å². The maximum absolute atomic E-state index is 13.2. The van der Waals surface area contributed by atoms with Gasteiger partial charge >= 0.3 is 17.9 Å². The zero-order valence-corrected chi connectivity index (χ0v) is 23.0. The fraction of sp³-hybridized carbons (Fsp3) is 0.0800. The van der Waals surface area contributed by atoms with Crippen LogP contribution in [-0.4, -0.2) is 34.8 Å². The quantitative estimate of drug-likeness (QED) is 0.109. The lowest BCUT2D eigenvalue weighted by Crippen LogP contribution is -2.54. The number of hydrogen-bond acceptors (Lipinski definition) is 9. The normalized spacial score (nSPS) is 14.5. The van der Waals surface area contributed by atoms with Crippen molar-refractivity contribution in [1.82, 2.24) is 5.32 Å². The van der Waals surface area contributed by atoms with Crippen molar-refractivity contribution < 1.29 is 46.9 Å². The molecule has 1 aliphatic rings. The van der Waals surface area contributed by atoms with E-state index in [1.54, 1.807) is 22.6 Å². The Morgan fingerprint density at radius 1 is 0.952 bits per heavy atom. The molecule has 1 heterocycles. The smallest absolute Gasteiger partial charge is 0.416 e. The van der Waals surface area contributed by atoms with Crippen LogP contribution < -0.4 is 19.7 Å². The number of urea groups is 1. The van der Waals surface area contributed by atoms with Gasteiger partial charge in [0.15, 0.2) is 11.5 Å². The molecule has 3 aromatic rings. The highest BCUT2D eigenvalue weighted by molar-refractivity contribution is 14.1. The Bertz CT molecular complexity index is 1690. The number of hydrogen-bond donors (Lipinski definition) is 1. The van der Waals surface area contributed by atoms with E-state index in [1.807, 2.05) is 5.32 Å². The molecule has 0 spiro atoms. The van der Waals surface area contributed by atoms with Gasteiger partial charge in [0.1, 0.15) is 5.57 Å². The molecular formula is C25H14F3IN4O9. The average molecular weight is 698 g/mol. The molecule has 1 aliphatic heterocycles. The minimum Gasteiger partial charge on any atom is -0.493 e. The molecule has 42 heavy (non-hydrogen) atoms. The average Bonchev–Trinajstić information content (AvgIpc) is 2.91. The Morgan fingerprint density at radius 2 is 1.62 bits per heavy atom. The number of benzene rings is 3. The summed E-state index contributed by atoms with van der Waals surface area (Å²) in [5, 5.41) is 24.4. The molecule has 0 unspecified atom stereocenters. The molecule has 13 nitrogen and oxygen atoms in total. The standard InChI is InChI=1S/C25H14F3IN4O9/c1-41-20-10-12(9-17(29)21(20)42-19-7-2-13(25(26,27)28)11-18(19)33(39)40)8-16-22(34)30-24(36)31(23(16)35)14-3-5-15(6-4-14)32(37)38/h2-11H,1H3,(H,30,34,36)/b16-8+. The number of ether oxygens (including phenoxy) is 2. The summed E-state index contributed by atoms with van der Waals surface area (Å²) in [6.45, 7) is 0. The van der Waals surface area contributed by atoms with Crippen molar-refractivity contribution >= 4 is 63.6 Å². The molecule has 4 rings (SSSR count). The fourth-order valence-corrected chi connectivity index (χ4v) is 4.47. The molecule has 0 bridgehead atoms. The lowest BCUT2D eigenvalue weighted by Gasteiger charge is -2.26. The van der Waals surface area contributed by atoms with Crippen molar-refractivity contribution in [2.75, 3.05) is 12.0 Å². The number of carbonyl (C=O) groups is 3. The molecule has 0 radical (unpaired) electrons. The Labute approximate surface area is 245 Å². The molecule has 0 saturated carbocycles. The first kappa shape index (κ1) is 29.9. The number of nitro benzene ring substituents is 2. The number of nitrogens with one attached hydrogen (secondary N) is 1. The molecule has 0 aliphatic carbocycles. The summed E-state index contributed by atoms with van der Waals surface area (Å²) >= 11 is 1.75. The Balaban J connectivity index is 1.70. The van der Waals surface area contributed by atoms with E-state index in [0.29, 0.717) is 17.0 Å². The van der Waals surface area contributed by atoms with E-state index in [1.165, 1.54) is 19.2 Å². The number of nitrogens with zero attached hydrogens (tertiary/aromatic N) is 3. The van der Waals surface area contributed by atoms with Gasteiger partial charge in [-0.1, -0.05) is 0 Å². The van der Waals surface area contributed by atoms with E-state index < -0.39 is 56.4 Å². The summed E-state index contributed by atoms with van der Waals surface area (Å²) in [6.07, 6.45) is -3.70. The minimum atomic E-state index is -4.83. The van der Waals surface area contributed by atoms with Crippen LogP contribution in [0.25, 0.3) is 6.08 Å². The first-order valence-electron chi connectivity index (χ1n) is 11.3. The van der Waals surface area contributed by atoms with E-state index in [-0.39, 0.29) is 32.0 Å². The molecule has 3 aromatic carbocycles. The van der Waals surface area contributed by atoms with Crippen LogP contribution in [0, 0.1) is 23.8 Å². The fourth-order valence-electron chi connectivity index (χ4n) is 3.74. The number of nitro groups is 2. The van der Waals surface area contributed by atoms with E-state index in [2.05, 4.69) is 0 Å². The molecule has 0 atom stereocenters. The predicted octanol–water partition coefficient (Wildman–Crippen LogP) is 5.59. The largest absolute Gasteiger partial charge is 0.493 e. The zero-order valence-electron chi connectivity index (χ0n) is 20.8. The van der Waals surface area contributed by atoms with Gasteiger partial charge in [-0.2, -0.15) is 13.2 Å². The van der Waals surface area contributed by atoms with Gasteiger partial charge in [-0.25, -0.2) is 9.69 Å². The van der Waals surface area contributed by atoms with Gasteiger partial charge in [0, 0.05) is 18.2 Å². The maximum atomic E-state index is 13.2. The second-order valence-electron chi connectivity index (χ2n) is 8.30. The third-order valence-electron chi connectivity index (χ3n) is 5.68. The Kier molecular flexibility index (Phi) is 8.14. The highest BCUT2D eigenvalue weighted by atomic mass is 127. The van der Waals surface area contributed by atoms with E-state index in [9.17, 15) is 47.8 Å². The van der Waals surface area contributed by atoms with Gasteiger partial charge in [0.25, 0.3) is 17.5 Å². The third kappa shape index (κ3) is 5.99. The van der Waals surface area contributed by atoms with Crippen molar-refractivity contribution in [2.24, 2.45) is 0 Å². The first-order chi connectivity index (χ1) is 19.7. The summed E-state index contributed by atoms with van der Waals surface area (Å²) in [5.41, 5.74) is -2.84. The summed E-state index contributed by atoms with van der Waals surface area (Å²) in [6, 6.07) is 7.78. The second kappa shape index (κ2) is 11.4. The van der Waals surface area contributed by atoms with Crippen LogP contribution in [-0.2, 0) is 15.8 Å². The molecule has 1 saturated heterocycles. The number of carbonyl (C=O) groups excluding carboxylic acids is 3. The van der Waals surface area contributed by atoms with Gasteiger partial charge < -0.3 is 9.47 Å². The minimum absolute atomic E-state index is 0.0458. The number of halogens is 4. The Hall–Kier alpha value is -5.07. The number of methoxy groups -OCH3 is 1. The van der Waals surface area contributed by atoms with E-state index >= 15 is 0 Å². The molecule has 1 fully saturated rings. The van der Waals surface area contributed by atoms with Gasteiger partial charge in [0.2, 0.25) is 5.75 Å². The van der Waals surface area contributed by atoms with Gasteiger partial charge in [0.05, 0.1) is 31.8 Å². The van der Waals surface area contributed by atoms with Crippen LogP contribution in [0.2, 0.25) is 0 Å². The lowest BCUT2D eigenvalue weighted by atomic mass is 10.1. The number of non-ortho nitro benzene ring substituents is 1. The molecular weight excluding hydrogens is 684 g/mol. The third-order valence-corrected chi connectivity index (χ3v) is 6.48. The highest BCUT2D eigenvalue weighted by Gasteiger charge is 2.37. The lowest BCUT2D eigenvalue weighted by molar-refractivity contribution is -0.385. The molecule has 1 N–H and O–H groups in total. The summed E-state index contributed by atoms with van der Waals surface area (Å²) in [4.78, 5) is 59.4. The molecule has 17 heteroatoms. The van der Waals surface area contributed by atoms with Crippen LogP contribution in [0.15, 0.2) is 60.2 Å². The van der Waals surface area contributed by atoms with Crippen LogP contribution >= 0.6 is 22.6 Å². The number of imide groups is 2. The van der Waals surface area contributed by atoms with E-state index in [0.717, 1.165) is 36.4 Å². The number of alkyl halides is 3. The number of anilines is 1. The topological polar surface area (TPSA) is 171 Å². The van der Waals surface area contributed by atoms with Crippen molar-refractivity contribution in [3.63, 3.8) is 0 Å². The maximum Gasteiger partial charge on any atom is 0.416 e. The molecule has 4 amide bonds.